The van der Waals surface area contributed by atoms with Crippen LogP contribution >= 0.6 is 0 Å². The topological polar surface area (TPSA) is 110 Å². The second-order valence-electron chi connectivity index (χ2n) is 4.36. The molecule has 114 valence electrons. The first kappa shape index (κ1) is 17.0. The van der Waals surface area contributed by atoms with Crippen molar-refractivity contribution in [1.82, 2.24) is 0 Å². The van der Waals surface area contributed by atoms with Crippen LogP contribution < -0.4 is 15.5 Å². The molecule has 1 amide bonds. The average molecular weight is 299 g/mol. The minimum Gasteiger partial charge on any atom is -0.494 e. The second-order valence-corrected chi connectivity index (χ2v) is 4.36. The number of nitrogens with one attached hydrogen (secondary N) is 2. The number of rotatable bonds is 7. The number of carbonyl (C=O) groups excluding carboxylic acids is 1. The zero-order valence-corrected chi connectivity index (χ0v) is 12.5. The first-order chi connectivity index (χ1) is 10.6. The second kappa shape index (κ2) is 8.98. The number of amides is 1. The monoisotopic (exact) mass is 299 g/mol. The van der Waals surface area contributed by atoms with Gasteiger partial charge in [-0.15, -0.1) is 0 Å². The maximum Gasteiger partial charge on any atom is 0.237 e. The molecule has 1 rings (SSSR count). The molecule has 22 heavy (non-hydrogen) atoms. The predicted molar refractivity (Wildman–Crippen MR) is 83.4 cm³/mol. The lowest BCUT2D eigenvalue weighted by molar-refractivity contribution is -0.116. The molecule has 0 spiro atoms. The van der Waals surface area contributed by atoms with Crippen LogP contribution in [0.15, 0.2) is 23.3 Å². The molecule has 1 aromatic rings. The Kier molecular flexibility index (Phi) is 6.94. The maximum absolute atomic E-state index is 11.7. The van der Waals surface area contributed by atoms with Crippen molar-refractivity contribution in [2.75, 3.05) is 17.9 Å². The molecular formula is C15H17N5O2. The van der Waals surface area contributed by atoms with E-state index < -0.39 is 0 Å². The predicted octanol–water partition coefficient (Wildman–Crippen LogP) is 2.64. The molecule has 0 aliphatic rings. The SMILES string of the molecule is CCCCC(=O)Nc1ccc(NN=C(C#N)C#N)cc1OC. The summed E-state index contributed by atoms with van der Waals surface area (Å²) in [5.74, 6) is 0.385. The molecule has 0 bridgehead atoms. The quantitative estimate of drug-likeness (QED) is 0.594. The highest BCUT2D eigenvalue weighted by atomic mass is 16.5. The van der Waals surface area contributed by atoms with Crippen LogP contribution in [0.1, 0.15) is 26.2 Å². The highest BCUT2D eigenvalue weighted by Gasteiger charge is 2.08. The molecule has 0 aliphatic carbocycles. The molecule has 0 aliphatic heterocycles. The van der Waals surface area contributed by atoms with E-state index >= 15 is 0 Å². The van der Waals surface area contributed by atoms with Gasteiger partial charge in [0.05, 0.1) is 18.5 Å². The number of hydrogen-bond acceptors (Lipinski definition) is 6. The van der Waals surface area contributed by atoms with E-state index in [-0.39, 0.29) is 11.6 Å². The van der Waals surface area contributed by atoms with Crippen LogP contribution in [-0.4, -0.2) is 18.7 Å². The molecule has 0 heterocycles. The standard InChI is InChI=1S/C15H17N5O2/c1-3-4-5-15(21)18-13-7-6-11(8-14(13)22-2)19-20-12(9-16)10-17/h6-8,19H,3-5H2,1-2H3,(H,18,21). The molecule has 2 N–H and O–H groups in total. The van der Waals surface area contributed by atoms with Gasteiger partial charge in [-0.3, -0.25) is 10.2 Å². The fraction of sp³-hybridized carbons (Fsp3) is 0.333. The van der Waals surface area contributed by atoms with Crippen LogP contribution in [0.3, 0.4) is 0 Å². The minimum absolute atomic E-state index is 0.0740. The Labute approximate surface area is 129 Å². The summed E-state index contributed by atoms with van der Waals surface area (Å²) in [6.07, 6.45) is 2.23. The lowest BCUT2D eigenvalue weighted by Gasteiger charge is -2.11. The van der Waals surface area contributed by atoms with E-state index in [0.717, 1.165) is 12.8 Å². The number of anilines is 2. The number of unbranched alkanes of at least 4 members (excludes halogenated alkanes) is 1. The Morgan fingerprint density at radius 1 is 1.36 bits per heavy atom. The van der Waals surface area contributed by atoms with Crippen molar-refractivity contribution >= 4 is 23.0 Å². The van der Waals surface area contributed by atoms with E-state index in [2.05, 4.69) is 15.8 Å². The first-order valence-electron chi connectivity index (χ1n) is 6.76. The summed E-state index contributed by atoms with van der Waals surface area (Å²) >= 11 is 0. The smallest absolute Gasteiger partial charge is 0.237 e. The Hall–Kier alpha value is -3.06. The van der Waals surface area contributed by atoms with Gasteiger partial charge in [-0.05, 0) is 18.6 Å². The van der Waals surface area contributed by atoms with E-state index in [0.29, 0.717) is 23.5 Å². The van der Waals surface area contributed by atoms with Gasteiger partial charge in [0.1, 0.15) is 17.9 Å². The molecule has 0 saturated carbocycles. The van der Waals surface area contributed by atoms with Gasteiger partial charge >= 0.3 is 0 Å². The molecule has 0 radical (unpaired) electrons. The van der Waals surface area contributed by atoms with Crippen molar-refractivity contribution in [1.29, 1.82) is 10.5 Å². The third-order valence-corrected chi connectivity index (χ3v) is 2.74. The number of benzene rings is 1. The fourth-order valence-electron chi connectivity index (χ4n) is 1.61. The van der Waals surface area contributed by atoms with Crippen molar-refractivity contribution in [2.24, 2.45) is 5.10 Å². The summed E-state index contributed by atoms with van der Waals surface area (Å²) in [5, 5.41) is 23.6. The number of carbonyl (C=O) groups is 1. The molecule has 7 nitrogen and oxygen atoms in total. The Morgan fingerprint density at radius 3 is 2.68 bits per heavy atom. The van der Waals surface area contributed by atoms with E-state index in [1.807, 2.05) is 6.92 Å². The molecule has 0 fully saturated rings. The third-order valence-electron chi connectivity index (χ3n) is 2.74. The first-order valence-corrected chi connectivity index (χ1v) is 6.76. The number of nitriles is 2. The highest BCUT2D eigenvalue weighted by Crippen LogP contribution is 2.28. The van der Waals surface area contributed by atoms with Crippen LogP contribution in [0, 0.1) is 22.7 Å². The van der Waals surface area contributed by atoms with Crippen molar-refractivity contribution in [3.8, 4) is 17.9 Å². The van der Waals surface area contributed by atoms with Gasteiger partial charge in [-0.25, -0.2) is 0 Å². The van der Waals surface area contributed by atoms with Gasteiger partial charge < -0.3 is 10.1 Å². The normalized spacial score (nSPS) is 9.09. The van der Waals surface area contributed by atoms with Crippen molar-refractivity contribution in [2.45, 2.75) is 26.2 Å². The largest absolute Gasteiger partial charge is 0.494 e. The van der Waals surface area contributed by atoms with Gasteiger partial charge in [-0.2, -0.15) is 15.6 Å². The summed E-state index contributed by atoms with van der Waals surface area (Å²) in [5.41, 5.74) is 3.39. The van der Waals surface area contributed by atoms with Crippen molar-refractivity contribution < 1.29 is 9.53 Å². The molecular weight excluding hydrogens is 282 g/mol. The summed E-state index contributed by atoms with van der Waals surface area (Å²) in [7, 11) is 1.49. The number of nitrogens with zero attached hydrogens (tertiary/aromatic N) is 3. The summed E-state index contributed by atoms with van der Waals surface area (Å²) < 4.78 is 5.22. The molecule has 0 unspecified atom stereocenters. The van der Waals surface area contributed by atoms with Gasteiger partial charge in [0.15, 0.2) is 0 Å². The van der Waals surface area contributed by atoms with Gasteiger partial charge in [-0.1, -0.05) is 13.3 Å². The fourth-order valence-corrected chi connectivity index (χ4v) is 1.61. The zero-order chi connectivity index (χ0) is 16.4. The Bertz CT molecular complexity index is 624. The summed E-state index contributed by atoms with van der Waals surface area (Å²) in [6, 6.07) is 8.23. The number of ether oxygens (including phenoxy) is 1. The van der Waals surface area contributed by atoms with E-state index in [1.54, 1.807) is 30.3 Å². The van der Waals surface area contributed by atoms with Gasteiger partial charge in [0.2, 0.25) is 11.6 Å². The van der Waals surface area contributed by atoms with E-state index in [4.69, 9.17) is 15.3 Å². The number of methoxy groups -OCH3 is 1. The van der Waals surface area contributed by atoms with E-state index in [9.17, 15) is 4.79 Å². The minimum atomic E-state index is -0.282. The average Bonchev–Trinajstić information content (AvgIpc) is 2.54. The van der Waals surface area contributed by atoms with Gasteiger partial charge in [0, 0.05) is 12.5 Å². The summed E-state index contributed by atoms with van der Waals surface area (Å²) in [4.78, 5) is 11.7. The van der Waals surface area contributed by atoms with Crippen molar-refractivity contribution in [3.63, 3.8) is 0 Å². The van der Waals surface area contributed by atoms with Crippen LogP contribution in [-0.2, 0) is 4.79 Å². The molecule has 0 saturated heterocycles. The van der Waals surface area contributed by atoms with Gasteiger partial charge in [0.25, 0.3) is 0 Å². The third kappa shape index (κ3) is 5.14. The Balaban J connectivity index is 2.83. The van der Waals surface area contributed by atoms with Crippen LogP contribution in [0.25, 0.3) is 0 Å². The summed E-state index contributed by atoms with van der Waals surface area (Å²) in [6.45, 7) is 2.02. The molecule has 7 heteroatoms. The number of hydrogen-bond donors (Lipinski definition) is 2. The van der Waals surface area contributed by atoms with Crippen LogP contribution in [0.2, 0.25) is 0 Å². The van der Waals surface area contributed by atoms with E-state index in [1.165, 1.54) is 7.11 Å². The molecule has 0 aromatic heterocycles. The Morgan fingerprint density at radius 2 is 2.09 bits per heavy atom. The van der Waals surface area contributed by atoms with Crippen molar-refractivity contribution in [3.05, 3.63) is 18.2 Å². The molecule has 0 atom stereocenters. The number of hydrazone groups is 1. The maximum atomic E-state index is 11.7. The lowest BCUT2D eigenvalue weighted by Crippen LogP contribution is -2.11. The van der Waals surface area contributed by atoms with Crippen LogP contribution in [0.5, 0.6) is 5.75 Å². The highest BCUT2D eigenvalue weighted by molar-refractivity contribution is 6.10. The zero-order valence-electron chi connectivity index (χ0n) is 12.5. The lowest BCUT2D eigenvalue weighted by atomic mass is 10.2. The van der Waals surface area contributed by atoms with Crippen LogP contribution in [0.4, 0.5) is 11.4 Å². The molecule has 1 aromatic carbocycles.